The Morgan fingerprint density at radius 2 is 2.00 bits per heavy atom. The van der Waals surface area contributed by atoms with Crippen LogP contribution in [0.25, 0.3) is 0 Å². The van der Waals surface area contributed by atoms with Gasteiger partial charge in [0.05, 0.1) is 5.92 Å². The molecule has 1 fully saturated rings. The summed E-state index contributed by atoms with van der Waals surface area (Å²) in [5.41, 5.74) is 1.07. The van der Waals surface area contributed by atoms with Crippen molar-refractivity contribution in [2.45, 2.75) is 23.6 Å². The van der Waals surface area contributed by atoms with Crippen LogP contribution in [0.3, 0.4) is 0 Å². The third kappa shape index (κ3) is 4.11. The Balaban J connectivity index is 1.67. The van der Waals surface area contributed by atoms with Gasteiger partial charge in [-0.2, -0.15) is 4.31 Å². The Morgan fingerprint density at radius 3 is 2.68 bits per heavy atom. The van der Waals surface area contributed by atoms with E-state index in [1.54, 1.807) is 29.5 Å². The van der Waals surface area contributed by atoms with Gasteiger partial charge in [0.2, 0.25) is 5.91 Å². The van der Waals surface area contributed by atoms with Crippen molar-refractivity contribution in [1.29, 1.82) is 0 Å². The summed E-state index contributed by atoms with van der Waals surface area (Å²) < 4.78 is 27.2. The molecule has 25 heavy (non-hydrogen) atoms. The number of carbonyl (C=O) groups is 1. The number of benzene rings is 1. The summed E-state index contributed by atoms with van der Waals surface area (Å²) in [5.74, 6) is -0.271. The van der Waals surface area contributed by atoms with Gasteiger partial charge in [0, 0.05) is 26.7 Å². The highest BCUT2D eigenvalue weighted by Crippen LogP contribution is 2.27. The van der Waals surface area contributed by atoms with Gasteiger partial charge in [-0.05, 0) is 29.9 Å². The normalized spacial score (nSPS) is 18.8. The minimum absolute atomic E-state index is 0.00920. The highest BCUT2D eigenvalue weighted by molar-refractivity contribution is 7.91. The fourth-order valence-corrected chi connectivity index (χ4v) is 5.82. The van der Waals surface area contributed by atoms with Gasteiger partial charge in [-0.25, -0.2) is 8.42 Å². The standard InChI is InChI=1S/C18H22N2O3S2/c1-19(13-15-7-3-2-4-8-15)18(21)16-9-5-11-20(14-16)25(22,23)17-10-6-12-24-17/h2-4,6-8,10,12,16H,5,9,11,13-14H2,1H3/t16-/m1/s1. The largest absolute Gasteiger partial charge is 0.341 e. The molecule has 1 aromatic heterocycles. The summed E-state index contributed by atoms with van der Waals surface area (Å²) >= 11 is 1.22. The quantitative estimate of drug-likeness (QED) is 0.804. The summed E-state index contributed by atoms with van der Waals surface area (Å²) in [6.07, 6.45) is 1.44. The van der Waals surface area contributed by atoms with Crippen LogP contribution in [0.15, 0.2) is 52.1 Å². The van der Waals surface area contributed by atoms with Crippen LogP contribution in [0.2, 0.25) is 0 Å². The number of hydrogen-bond acceptors (Lipinski definition) is 4. The fraction of sp³-hybridized carbons (Fsp3) is 0.389. The van der Waals surface area contributed by atoms with E-state index in [4.69, 9.17) is 0 Å². The van der Waals surface area contributed by atoms with Crippen LogP contribution in [0.5, 0.6) is 0 Å². The first-order valence-corrected chi connectivity index (χ1v) is 10.6. The molecule has 0 bridgehead atoms. The Hall–Kier alpha value is -1.70. The van der Waals surface area contributed by atoms with Crippen molar-refractivity contribution >= 4 is 27.3 Å². The van der Waals surface area contributed by atoms with E-state index in [-0.39, 0.29) is 18.4 Å². The molecule has 1 amide bonds. The van der Waals surface area contributed by atoms with E-state index in [0.29, 0.717) is 23.7 Å². The van der Waals surface area contributed by atoms with E-state index in [0.717, 1.165) is 12.0 Å². The summed E-state index contributed by atoms with van der Waals surface area (Å²) in [6, 6.07) is 13.2. The van der Waals surface area contributed by atoms with Crippen molar-refractivity contribution < 1.29 is 13.2 Å². The lowest BCUT2D eigenvalue weighted by Gasteiger charge is -2.33. The van der Waals surface area contributed by atoms with Crippen LogP contribution in [0, 0.1) is 5.92 Å². The molecular formula is C18H22N2O3S2. The van der Waals surface area contributed by atoms with E-state index in [1.807, 2.05) is 30.3 Å². The lowest BCUT2D eigenvalue weighted by atomic mass is 9.98. The highest BCUT2D eigenvalue weighted by Gasteiger charge is 2.34. The molecule has 2 heterocycles. The van der Waals surface area contributed by atoms with E-state index < -0.39 is 10.0 Å². The van der Waals surface area contributed by atoms with Crippen LogP contribution >= 0.6 is 11.3 Å². The molecule has 1 atom stereocenters. The maximum absolute atomic E-state index is 12.8. The number of piperidine rings is 1. The number of sulfonamides is 1. The molecule has 3 rings (SSSR count). The molecule has 0 saturated carbocycles. The molecule has 1 saturated heterocycles. The topological polar surface area (TPSA) is 57.7 Å². The molecule has 134 valence electrons. The fourth-order valence-electron chi connectivity index (χ4n) is 3.15. The predicted molar refractivity (Wildman–Crippen MR) is 98.7 cm³/mol. The Kier molecular flexibility index (Phi) is 5.56. The summed E-state index contributed by atoms with van der Waals surface area (Å²) in [7, 11) is -1.71. The number of amides is 1. The first-order valence-electron chi connectivity index (χ1n) is 8.31. The van der Waals surface area contributed by atoms with Crippen molar-refractivity contribution in [3.8, 4) is 0 Å². The Bertz CT molecular complexity index is 804. The zero-order chi connectivity index (χ0) is 17.9. The average molecular weight is 379 g/mol. The van der Waals surface area contributed by atoms with Gasteiger partial charge in [-0.15, -0.1) is 11.3 Å². The van der Waals surface area contributed by atoms with Gasteiger partial charge in [-0.3, -0.25) is 4.79 Å². The van der Waals surface area contributed by atoms with Crippen LogP contribution in [0.4, 0.5) is 0 Å². The Labute approximate surface area is 152 Å². The van der Waals surface area contributed by atoms with Crippen molar-refractivity contribution in [3.63, 3.8) is 0 Å². The second kappa shape index (κ2) is 7.68. The Morgan fingerprint density at radius 1 is 1.24 bits per heavy atom. The first kappa shape index (κ1) is 18.1. The summed E-state index contributed by atoms with van der Waals surface area (Å²) in [4.78, 5) is 14.5. The number of nitrogens with zero attached hydrogens (tertiary/aromatic N) is 2. The van der Waals surface area contributed by atoms with Gasteiger partial charge in [-0.1, -0.05) is 36.4 Å². The van der Waals surface area contributed by atoms with Crippen LogP contribution in [0.1, 0.15) is 18.4 Å². The minimum Gasteiger partial charge on any atom is -0.341 e. The van der Waals surface area contributed by atoms with E-state index >= 15 is 0 Å². The monoisotopic (exact) mass is 378 g/mol. The molecule has 5 nitrogen and oxygen atoms in total. The van der Waals surface area contributed by atoms with Crippen molar-refractivity contribution in [2.75, 3.05) is 20.1 Å². The number of hydrogen-bond donors (Lipinski definition) is 0. The second-order valence-electron chi connectivity index (χ2n) is 6.31. The van der Waals surface area contributed by atoms with Gasteiger partial charge in [0.1, 0.15) is 4.21 Å². The predicted octanol–water partition coefficient (Wildman–Crippen LogP) is 2.81. The van der Waals surface area contributed by atoms with Crippen molar-refractivity contribution in [2.24, 2.45) is 5.92 Å². The molecule has 0 spiro atoms. The van der Waals surface area contributed by atoms with Crippen LogP contribution < -0.4 is 0 Å². The molecule has 1 aliphatic heterocycles. The molecule has 2 aromatic rings. The molecular weight excluding hydrogens is 356 g/mol. The summed E-state index contributed by atoms with van der Waals surface area (Å²) in [6.45, 7) is 1.28. The van der Waals surface area contributed by atoms with E-state index in [2.05, 4.69) is 0 Å². The van der Waals surface area contributed by atoms with Gasteiger partial charge >= 0.3 is 0 Å². The smallest absolute Gasteiger partial charge is 0.252 e. The number of thiophene rings is 1. The van der Waals surface area contributed by atoms with Crippen molar-refractivity contribution in [1.82, 2.24) is 9.21 Å². The van der Waals surface area contributed by atoms with Crippen molar-refractivity contribution in [3.05, 3.63) is 53.4 Å². The minimum atomic E-state index is -3.49. The SMILES string of the molecule is CN(Cc1ccccc1)C(=O)[C@@H]1CCCN(S(=O)(=O)c2cccs2)C1. The average Bonchev–Trinajstić information content (AvgIpc) is 3.17. The number of carbonyl (C=O) groups excluding carboxylic acids is 1. The molecule has 0 aliphatic carbocycles. The zero-order valence-electron chi connectivity index (χ0n) is 14.2. The molecule has 0 radical (unpaired) electrons. The molecule has 1 aromatic carbocycles. The lowest BCUT2D eigenvalue weighted by Crippen LogP contribution is -2.45. The van der Waals surface area contributed by atoms with E-state index in [1.165, 1.54) is 15.6 Å². The van der Waals surface area contributed by atoms with Gasteiger partial charge in [0.15, 0.2) is 0 Å². The molecule has 0 N–H and O–H groups in total. The van der Waals surface area contributed by atoms with Crippen LogP contribution in [-0.2, 0) is 21.4 Å². The maximum Gasteiger partial charge on any atom is 0.252 e. The third-order valence-corrected chi connectivity index (χ3v) is 7.70. The number of rotatable bonds is 5. The highest BCUT2D eigenvalue weighted by atomic mass is 32.2. The first-order chi connectivity index (χ1) is 12.0. The van der Waals surface area contributed by atoms with Crippen LogP contribution in [-0.4, -0.2) is 43.7 Å². The van der Waals surface area contributed by atoms with Gasteiger partial charge in [0.25, 0.3) is 10.0 Å². The summed E-state index contributed by atoms with van der Waals surface area (Å²) in [5, 5.41) is 1.76. The molecule has 1 aliphatic rings. The van der Waals surface area contributed by atoms with Gasteiger partial charge < -0.3 is 4.90 Å². The maximum atomic E-state index is 12.8. The van der Waals surface area contributed by atoms with E-state index in [9.17, 15) is 13.2 Å². The second-order valence-corrected chi connectivity index (χ2v) is 9.43. The molecule has 0 unspecified atom stereocenters. The molecule has 7 heteroatoms. The third-order valence-electron chi connectivity index (χ3n) is 4.46. The zero-order valence-corrected chi connectivity index (χ0v) is 15.8. The lowest BCUT2D eigenvalue weighted by molar-refractivity contribution is -0.135.